The Morgan fingerprint density at radius 3 is 2.04 bits per heavy atom. The molecule has 23 heavy (non-hydrogen) atoms. The van der Waals surface area contributed by atoms with Gasteiger partial charge in [-0.1, -0.05) is 0 Å². The second-order valence-corrected chi connectivity index (χ2v) is 7.71. The lowest BCUT2D eigenvalue weighted by molar-refractivity contribution is -0.137. The molecule has 136 valence electrons. The quantitative estimate of drug-likeness (QED) is 0.258. The van der Waals surface area contributed by atoms with E-state index < -0.39 is 5.97 Å². The van der Waals surface area contributed by atoms with Gasteiger partial charge in [-0.15, -0.1) is 0 Å². The fourth-order valence-electron chi connectivity index (χ4n) is 2.71. The van der Waals surface area contributed by atoms with Gasteiger partial charge in [0.05, 0.1) is 0 Å². The molecule has 0 radical (unpaired) electrons. The van der Waals surface area contributed by atoms with Gasteiger partial charge in [-0.2, -0.15) is 37.0 Å². The predicted molar refractivity (Wildman–Crippen MR) is 106 cm³/mol. The van der Waals surface area contributed by atoms with Gasteiger partial charge in [0.15, 0.2) is 0 Å². The number of carboxylic acids is 1. The Morgan fingerprint density at radius 2 is 1.57 bits per heavy atom. The highest BCUT2D eigenvalue weighted by Crippen LogP contribution is 2.27. The Labute approximate surface area is 155 Å². The van der Waals surface area contributed by atoms with Crippen LogP contribution in [-0.4, -0.2) is 46.0 Å². The molecule has 0 unspecified atom stereocenters. The van der Waals surface area contributed by atoms with Crippen molar-refractivity contribution in [2.45, 2.75) is 63.3 Å². The van der Waals surface area contributed by atoms with Crippen LogP contribution >= 0.6 is 37.0 Å². The van der Waals surface area contributed by atoms with Crippen LogP contribution in [-0.2, 0) is 9.59 Å². The number of aliphatic carboxylic acids is 1. The van der Waals surface area contributed by atoms with Crippen molar-refractivity contribution < 1.29 is 14.7 Å². The molecule has 0 spiro atoms. The fraction of sp³-hybridized carbons (Fsp3) is 0.875. The number of hydrogen-bond donors (Lipinski definition) is 4. The number of hydrogen-bond acceptors (Lipinski definition) is 5. The summed E-state index contributed by atoms with van der Waals surface area (Å²) >= 11 is 10.4. The number of nitrogens with one attached hydrogen (secondary N) is 1. The molecule has 0 aliphatic heterocycles. The Balaban J connectivity index is 4.72. The Kier molecular flexibility index (Phi) is 14.3. The first-order valence-electron chi connectivity index (χ1n) is 8.23. The lowest BCUT2D eigenvalue weighted by atomic mass is 9.84. The van der Waals surface area contributed by atoms with Gasteiger partial charge in [0.2, 0.25) is 5.91 Å². The van der Waals surface area contributed by atoms with Crippen molar-refractivity contribution in [3.8, 4) is 0 Å². The van der Waals surface area contributed by atoms with Gasteiger partial charge in [-0.05, 0) is 68.5 Å². The summed E-state index contributed by atoms with van der Waals surface area (Å²) in [4.78, 5) is 22.8. The third-order valence-corrected chi connectivity index (χ3v) is 5.16. The van der Waals surface area contributed by atoms with E-state index in [4.69, 9.17) is 5.11 Å². The van der Waals surface area contributed by atoms with E-state index in [0.717, 1.165) is 55.8 Å². The van der Waals surface area contributed by atoms with Gasteiger partial charge in [0.1, 0.15) is 0 Å². The summed E-state index contributed by atoms with van der Waals surface area (Å²) in [6.07, 6.45) is 8.59. The first-order chi connectivity index (χ1) is 11.0. The monoisotopic (exact) mass is 381 g/mol. The van der Waals surface area contributed by atoms with E-state index in [1.165, 1.54) is 0 Å². The number of rotatable bonds is 15. The van der Waals surface area contributed by atoms with E-state index >= 15 is 0 Å². The van der Waals surface area contributed by atoms with Crippen molar-refractivity contribution in [2.75, 3.05) is 23.5 Å². The van der Waals surface area contributed by atoms with Crippen LogP contribution in [0.15, 0.2) is 0 Å². The van der Waals surface area contributed by atoms with Crippen LogP contribution in [0.4, 0.5) is 0 Å². The number of carboxylic acid groups (broad SMARTS) is 1. The normalized spacial score (nSPS) is 11.4. The number of amides is 1. The third-order valence-electron chi connectivity index (χ3n) is 3.83. The van der Waals surface area contributed by atoms with Crippen molar-refractivity contribution in [3.05, 3.63) is 0 Å². The molecule has 1 amide bonds. The molecule has 4 nitrogen and oxygen atoms in total. The van der Waals surface area contributed by atoms with Gasteiger partial charge in [0.25, 0.3) is 0 Å². The van der Waals surface area contributed by atoms with Crippen molar-refractivity contribution in [2.24, 2.45) is 0 Å². The lowest BCUT2D eigenvalue weighted by Gasteiger charge is -2.35. The largest absolute Gasteiger partial charge is 0.481 e. The molecule has 0 saturated carbocycles. The minimum absolute atomic E-state index is 0.0336. The topological polar surface area (TPSA) is 66.4 Å². The molecule has 7 heteroatoms. The zero-order chi connectivity index (χ0) is 17.6. The van der Waals surface area contributed by atoms with Crippen molar-refractivity contribution >= 4 is 48.9 Å². The third kappa shape index (κ3) is 12.1. The predicted octanol–water partition coefficient (Wildman–Crippen LogP) is 3.66. The standard InChI is InChI=1S/C16H31NO3S3/c1-23-13-5-10-16(8-3-11-21,9-4-12-22)17-14(18)6-2-7-15(19)20/h21-22H,2-13H2,1H3,(H,17,18)(H,19,20). The summed E-state index contributed by atoms with van der Waals surface area (Å²) in [5, 5.41) is 11.9. The molecule has 0 aliphatic rings. The van der Waals surface area contributed by atoms with Crippen LogP contribution in [0.1, 0.15) is 57.8 Å². The molecule has 0 aromatic rings. The molecule has 0 aliphatic carbocycles. The average molecular weight is 382 g/mol. The zero-order valence-electron chi connectivity index (χ0n) is 14.1. The van der Waals surface area contributed by atoms with Crippen molar-refractivity contribution in [1.29, 1.82) is 0 Å². The zero-order valence-corrected chi connectivity index (χ0v) is 16.7. The van der Waals surface area contributed by atoms with Gasteiger partial charge < -0.3 is 10.4 Å². The molecular formula is C16H31NO3S3. The summed E-state index contributed by atoms with van der Waals surface area (Å²) in [7, 11) is 0. The van der Waals surface area contributed by atoms with Crippen LogP contribution in [0.3, 0.4) is 0 Å². The number of carbonyl (C=O) groups is 2. The van der Waals surface area contributed by atoms with E-state index in [1.807, 2.05) is 11.8 Å². The molecule has 0 aromatic carbocycles. The molecule has 0 fully saturated rings. The first-order valence-corrected chi connectivity index (χ1v) is 10.9. The van der Waals surface area contributed by atoms with Gasteiger partial charge in [-0.25, -0.2) is 0 Å². The Morgan fingerprint density at radius 1 is 1.00 bits per heavy atom. The maximum atomic E-state index is 12.3. The Hall–Kier alpha value is -0.0100. The highest BCUT2D eigenvalue weighted by atomic mass is 32.2. The van der Waals surface area contributed by atoms with Crippen molar-refractivity contribution in [1.82, 2.24) is 5.32 Å². The average Bonchev–Trinajstić information content (AvgIpc) is 2.50. The van der Waals surface area contributed by atoms with Crippen LogP contribution in [0.2, 0.25) is 0 Å². The smallest absolute Gasteiger partial charge is 0.303 e. The molecule has 0 atom stereocenters. The minimum atomic E-state index is -0.853. The second-order valence-electron chi connectivity index (χ2n) is 5.83. The molecule has 2 N–H and O–H groups in total. The minimum Gasteiger partial charge on any atom is -0.481 e. The number of thioether (sulfide) groups is 1. The summed E-state index contributed by atoms with van der Waals surface area (Å²) < 4.78 is 0. The van der Waals surface area contributed by atoms with Crippen LogP contribution < -0.4 is 5.32 Å². The maximum absolute atomic E-state index is 12.3. The molecule has 0 heterocycles. The summed E-state index contributed by atoms with van der Waals surface area (Å²) in [6.45, 7) is 0. The number of carbonyl (C=O) groups excluding carboxylic acids is 1. The van der Waals surface area contributed by atoms with Crippen LogP contribution in [0.25, 0.3) is 0 Å². The summed E-state index contributed by atoms with van der Waals surface area (Å²) in [6, 6.07) is 0. The van der Waals surface area contributed by atoms with E-state index in [0.29, 0.717) is 6.42 Å². The maximum Gasteiger partial charge on any atom is 0.303 e. The molecule has 0 aromatic heterocycles. The lowest BCUT2D eigenvalue weighted by Crippen LogP contribution is -2.48. The fourth-order valence-corrected chi connectivity index (χ4v) is 3.46. The highest BCUT2D eigenvalue weighted by molar-refractivity contribution is 7.98. The summed E-state index contributed by atoms with van der Waals surface area (Å²) in [5.74, 6) is 1.81. The second kappa shape index (κ2) is 14.3. The van der Waals surface area contributed by atoms with E-state index in [-0.39, 0.29) is 24.3 Å². The van der Waals surface area contributed by atoms with E-state index in [9.17, 15) is 9.59 Å². The van der Waals surface area contributed by atoms with Gasteiger partial charge >= 0.3 is 5.97 Å². The summed E-state index contributed by atoms with van der Waals surface area (Å²) in [5.41, 5.74) is -0.193. The van der Waals surface area contributed by atoms with Gasteiger partial charge in [-0.3, -0.25) is 9.59 Å². The molecule has 0 bridgehead atoms. The molecule has 0 rings (SSSR count). The van der Waals surface area contributed by atoms with Crippen LogP contribution in [0.5, 0.6) is 0 Å². The van der Waals surface area contributed by atoms with Crippen molar-refractivity contribution in [3.63, 3.8) is 0 Å². The van der Waals surface area contributed by atoms with E-state index in [1.54, 1.807) is 0 Å². The first kappa shape index (κ1) is 23.0. The molecule has 0 saturated heterocycles. The van der Waals surface area contributed by atoms with Gasteiger partial charge in [0, 0.05) is 18.4 Å². The Bertz CT molecular complexity index is 333. The number of thiol groups is 2. The highest BCUT2D eigenvalue weighted by Gasteiger charge is 2.30. The molecular weight excluding hydrogens is 350 g/mol. The van der Waals surface area contributed by atoms with E-state index in [2.05, 4.69) is 36.8 Å². The SMILES string of the molecule is CSCCCC(CCCS)(CCCS)NC(=O)CCCC(=O)O. The van der Waals surface area contributed by atoms with Crippen LogP contribution in [0, 0.1) is 0 Å².